The van der Waals surface area contributed by atoms with Crippen LogP contribution in [0.4, 0.5) is 11.5 Å². The molecule has 0 spiro atoms. The number of amides is 1. The van der Waals surface area contributed by atoms with E-state index in [0.29, 0.717) is 17.2 Å². The van der Waals surface area contributed by atoms with Crippen LogP contribution in [0.3, 0.4) is 0 Å². The minimum atomic E-state index is -3.60. The van der Waals surface area contributed by atoms with E-state index >= 15 is 0 Å². The van der Waals surface area contributed by atoms with Gasteiger partial charge in [-0.1, -0.05) is 11.6 Å². The van der Waals surface area contributed by atoms with E-state index in [1.165, 1.54) is 12.1 Å². The summed E-state index contributed by atoms with van der Waals surface area (Å²) in [4.78, 5) is 22.7. The highest BCUT2D eigenvalue weighted by Crippen LogP contribution is 2.34. The summed E-state index contributed by atoms with van der Waals surface area (Å²) in [7, 11) is -3.60. The molecule has 0 aliphatic carbocycles. The summed E-state index contributed by atoms with van der Waals surface area (Å²) in [6.07, 6.45) is 6.40. The first kappa shape index (κ1) is 28.7. The van der Waals surface area contributed by atoms with Crippen molar-refractivity contribution in [3.05, 3.63) is 52.3 Å². The molecule has 2 aromatic heterocycles. The van der Waals surface area contributed by atoms with Crippen LogP contribution in [0.15, 0.2) is 30.5 Å². The average Bonchev–Trinajstić information content (AvgIpc) is 3.54. The lowest BCUT2D eigenvalue weighted by Gasteiger charge is -2.35. The highest BCUT2D eigenvalue weighted by atomic mass is 127. The monoisotopic (exact) mass is 699 g/mol. The van der Waals surface area contributed by atoms with Crippen molar-refractivity contribution in [2.24, 2.45) is 0 Å². The van der Waals surface area contributed by atoms with Crippen LogP contribution in [-0.4, -0.2) is 71.7 Å². The molecule has 2 aliphatic heterocycles. The lowest BCUT2D eigenvalue weighted by Crippen LogP contribution is -2.40. The first-order valence-electron chi connectivity index (χ1n) is 12.9. The quantitative estimate of drug-likeness (QED) is 0.132. The number of halogens is 2. The minimum Gasteiger partial charge on any atom is -0.354 e. The van der Waals surface area contributed by atoms with Crippen molar-refractivity contribution in [2.45, 2.75) is 44.7 Å². The Morgan fingerprint density at radius 3 is 2.75 bits per heavy atom. The van der Waals surface area contributed by atoms with Gasteiger partial charge in [0.25, 0.3) is 5.91 Å². The summed E-state index contributed by atoms with van der Waals surface area (Å²) in [5.74, 6) is 0.864. The Morgan fingerprint density at radius 2 is 2.00 bits per heavy atom. The van der Waals surface area contributed by atoms with E-state index in [-0.39, 0.29) is 35.2 Å². The fraction of sp³-hybridized carbons (Fsp3) is 0.440. The molecular formula is C25H31ClIN9O3S. The molecule has 0 saturated carbocycles. The third-order valence-electron chi connectivity index (χ3n) is 7.17. The van der Waals surface area contributed by atoms with Crippen molar-refractivity contribution in [1.29, 1.82) is 5.41 Å². The molecule has 40 heavy (non-hydrogen) atoms. The number of nitrogens with one attached hydrogen (secondary N) is 4. The van der Waals surface area contributed by atoms with Crippen molar-refractivity contribution in [3.63, 3.8) is 0 Å². The molecule has 2 unspecified atom stereocenters. The number of anilines is 2. The van der Waals surface area contributed by atoms with Gasteiger partial charge in [-0.25, -0.2) is 17.9 Å². The predicted octanol–water partition coefficient (Wildman–Crippen LogP) is 3.47. The molecule has 1 aromatic carbocycles. The van der Waals surface area contributed by atoms with Gasteiger partial charge in [0.05, 0.1) is 52.1 Å². The molecule has 3 aromatic rings. The molecule has 2 saturated heterocycles. The number of rotatable bonds is 6. The maximum Gasteiger partial charge on any atom is 0.256 e. The Labute approximate surface area is 251 Å². The summed E-state index contributed by atoms with van der Waals surface area (Å²) in [6.45, 7) is 4.08. The maximum atomic E-state index is 13.8. The van der Waals surface area contributed by atoms with Gasteiger partial charge in [-0.05, 0) is 50.8 Å². The number of fused-ring (bicyclic) bond motifs is 1. The number of hydrogen-bond donors (Lipinski definition) is 4. The summed E-state index contributed by atoms with van der Waals surface area (Å²) >= 11 is 8.15. The molecule has 12 nitrogen and oxygen atoms in total. The molecule has 0 radical (unpaired) electrons. The molecule has 1 amide bonds. The Hall–Kier alpha value is -2.85. The first-order valence-corrected chi connectivity index (χ1v) is 16.3. The largest absolute Gasteiger partial charge is 0.354 e. The van der Waals surface area contributed by atoms with Gasteiger partial charge < -0.3 is 15.1 Å². The zero-order chi connectivity index (χ0) is 28.6. The molecule has 2 fully saturated rings. The topological polar surface area (TPSA) is 148 Å². The van der Waals surface area contributed by atoms with Gasteiger partial charge in [0.2, 0.25) is 10.0 Å². The molecule has 0 bridgehead atoms. The van der Waals surface area contributed by atoms with Crippen LogP contribution in [0.1, 0.15) is 53.3 Å². The summed E-state index contributed by atoms with van der Waals surface area (Å²) in [5, 5.41) is 16.2. The SMILES string of the molecule is Cc1cn2nc(C3CCCCN3C(=O)c3cc(Cl)ccc3NS(C)(=O)=O)cc2nc1N1CCC(NC(=N)NI)C1. The third-order valence-corrected chi connectivity index (χ3v) is 8.53. The zero-order valence-electron chi connectivity index (χ0n) is 22.1. The first-order chi connectivity index (χ1) is 19.0. The van der Waals surface area contributed by atoms with Crippen LogP contribution < -0.4 is 18.5 Å². The van der Waals surface area contributed by atoms with Crippen LogP contribution in [0.5, 0.6) is 0 Å². The number of likely N-dealkylation sites (tertiary alicyclic amines) is 1. The van der Waals surface area contributed by atoms with E-state index in [0.717, 1.165) is 62.1 Å². The molecule has 15 heteroatoms. The number of guanidine groups is 1. The highest BCUT2D eigenvalue weighted by molar-refractivity contribution is 14.1. The second kappa shape index (κ2) is 11.6. The summed E-state index contributed by atoms with van der Waals surface area (Å²) in [6, 6.07) is 6.35. The molecule has 4 heterocycles. The zero-order valence-corrected chi connectivity index (χ0v) is 25.8. The van der Waals surface area contributed by atoms with Crippen LogP contribution in [0.25, 0.3) is 5.65 Å². The average molecular weight is 700 g/mol. The second-order valence-corrected chi connectivity index (χ2v) is 13.0. The van der Waals surface area contributed by atoms with Crippen molar-refractivity contribution < 1.29 is 13.2 Å². The van der Waals surface area contributed by atoms with Gasteiger partial charge in [0.15, 0.2) is 11.6 Å². The van der Waals surface area contributed by atoms with E-state index in [1.54, 1.807) is 15.5 Å². The Balaban J connectivity index is 1.43. The Bertz CT molecular complexity index is 1560. The van der Waals surface area contributed by atoms with E-state index in [4.69, 9.17) is 27.1 Å². The van der Waals surface area contributed by atoms with E-state index in [1.807, 2.05) is 42.1 Å². The molecule has 5 rings (SSSR count). The van der Waals surface area contributed by atoms with Gasteiger partial charge in [-0.3, -0.25) is 18.5 Å². The van der Waals surface area contributed by atoms with Gasteiger partial charge in [-0.15, -0.1) is 0 Å². The molecule has 214 valence electrons. The third kappa shape index (κ3) is 6.22. The smallest absolute Gasteiger partial charge is 0.256 e. The standard InChI is InChI=1S/C25H31ClIN9O3S/c1-15-13-36-22(30-23(15)34-10-8-17(14-34)29-25(28)31-27)12-20(32-36)21-5-3-4-9-35(21)24(37)18-11-16(26)6-7-19(18)33-40(2,38)39/h6-7,11-13,17,21,33H,3-5,8-10,14H2,1-2H3,(H3,28,29,31). The number of carbonyl (C=O) groups is 1. The van der Waals surface area contributed by atoms with Crippen LogP contribution in [-0.2, 0) is 10.0 Å². The molecule has 2 aliphatic rings. The number of carbonyl (C=O) groups excluding carboxylic acids is 1. The summed E-state index contributed by atoms with van der Waals surface area (Å²) in [5.41, 5.74) is 2.80. The Morgan fingerprint density at radius 1 is 1.20 bits per heavy atom. The normalized spacial score (nSPS) is 19.6. The number of hydrogen-bond acceptors (Lipinski definition) is 7. The van der Waals surface area contributed by atoms with E-state index < -0.39 is 10.0 Å². The molecular weight excluding hydrogens is 669 g/mol. The lowest BCUT2D eigenvalue weighted by molar-refractivity contribution is 0.0607. The van der Waals surface area contributed by atoms with Crippen molar-refractivity contribution in [3.8, 4) is 0 Å². The fourth-order valence-corrected chi connectivity index (χ4v) is 6.33. The van der Waals surface area contributed by atoms with E-state index in [9.17, 15) is 13.2 Å². The number of aryl methyl sites for hydroxylation is 1. The van der Waals surface area contributed by atoms with Crippen molar-refractivity contribution in [2.75, 3.05) is 35.5 Å². The molecule has 2 atom stereocenters. The van der Waals surface area contributed by atoms with E-state index in [2.05, 4.69) is 18.5 Å². The number of piperidine rings is 1. The van der Waals surface area contributed by atoms with Gasteiger partial charge in [-0.2, -0.15) is 5.10 Å². The van der Waals surface area contributed by atoms with Gasteiger partial charge >= 0.3 is 0 Å². The maximum absolute atomic E-state index is 13.8. The van der Waals surface area contributed by atoms with Crippen LogP contribution >= 0.6 is 34.5 Å². The number of benzene rings is 1. The number of aromatic nitrogens is 3. The second-order valence-electron chi connectivity index (χ2n) is 10.2. The minimum absolute atomic E-state index is 0.156. The number of sulfonamides is 1. The number of nitrogens with zero attached hydrogens (tertiary/aromatic N) is 5. The van der Waals surface area contributed by atoms with Crippen LogP contribution in [0, 0.1) is 12.3 Å². The highest BCUT2D eigenvalue weighted by Gasteiger charge is 2.33. The van der Waals surface area contributed by atoms with Gasteiger partial charge in [0.1, 0.15) is 5.82 Å². The fourth-order valence-electron chi connectivity index (χ4n) is 5.42. The molecule has 4 N–H and O–H groups in total. The van der Waals surface area contributed by atoms with Crippen molar-refractivity contribution >= 4 is 73.5 Å². The predicted molar refractivity (Wildman–Crippen MR) is 164 cm³/mol. The Kier molecular flexibility index (Phi) is 8.29. The lowest BCUT2D eigenvalue weighted by atomic mass is 9.98. The van der Waals surface area contributed by atoms with Crippen molar-refractivity contribution in [1.82, 2.24) is 28.3 Å². The van der Waals surface area contributed by atoms with Crippen LogP contribution in [0.2, 0.25) is 5.02 Å². The summed E-state index contributed by atoms with van der Waals surface area (Å²) < 4.78 is 30.9. The van der Waals surface area contributed by atoms with Gasteiger partial charge in [0, 0.05) is 48.5 Å².